The SMILES string of the molecule is CCCN1CCC(Nc2cc(C(C)C)ncn2)CC1. The van der Waals surface area contributed by atoms with E-state index in [0.29, 0.717) is 12.0 Å². The summed E-state index contributed by atoms with van der Waals surface area (Å²) in [6.07, 6.45) is 5.34. The standard InChI is InChI=1S/C15H26N4/c1-4-7-19-8-5-13(6-9-19)18-15-10-14(12(2)3)16-11-17-15/h10-13H,4-9H2,1-3H3,(H,16,17,18). The van der Waals surface area contributed by atoms with Gasteiger partial charge >= 0.3 is 0 Å². The van der Waals surface area contributed by atoms with Gasteiger partial charge in [0.2, 0.25) is 0 Å². The lowest BCUT2D eigenvalue weighted by Gasteiger charge is -2.32. The Hall–Kier alpha value is -1.16. The highest BCUT2D eigenvalue weighted by molar-refractivity contribution is 5.36. The summed E-state index contributed by atoms with van der Waals surface area (Å²) >= 11 is 0. The van der Waals surface area contributed by atoms with Gasteiger partial charge in [0, 0.05) is 30.9 Å². The van der Waals surface area contributed by atoms with Crippen LogP contribution in [0.4, 0.5) is 5.82 Å². The third-order valence-electron chi connectivity index (χ3n) is 3.76. The fourth-order valence-electron chi connectivity index (χ4n) is 2.59. The van der Waals surface area contributed by atoms with E-state index in [1.54, 1.807) is 6.33 Å². The van der Waals surface area contributed by atoms with E-state index in [1.165, 1.54) is 38.9 Å². The van der Waals surface area contributed by atoms with E-state index in [-0.39, 0.29) is 0 Å². The molecule has 1 fully saturated rings. The van der Waals surface area contributed by atoms with Gasteiger partial charge in [-0.25, -0.2) is 9.97 Å². The van der Waals surface area contributed by atoms with Gasteiger partial charge in [0.05, 0.1) is 0 Å². The van der Waals surface area contributed by atoms with Gasteiger partial charge < -0.3 is 10.2 Å². The summed E-state index contributed by atoms with van der Waals surface area (Å²) in [5.74, 6) is 1.43. The van der Waals surface area contributed by atoms with Gasteiger partial charge in [0.1, 0.15) is 12.1 Å². The number of anilines is 1. The number of nitrogens with one attached hydrogen (secondary N) is 1. The molecule has 1 aliphatic rings. The maximum atomic E-state index is 4.34. The van der Waals surface area contributed by atoms with Gasteiger partial charge in [-0.2, -0.15) is 0 Å². The van der Waals surface area contributed by atoms with Crippen molar-refractivity contribution >= 4 is 5.82 Å². The third kappa shape index (κ3) is 4.16. The minimum atomic E-state index is 0.454. The number of hydrogen-bond acceptors (Lipinski definition) is 4. The highest BCUT2D eigenvalue weighted by atomic mass is 15.1. The first-order valence-corrected chi connectivity index (χ1v) is 7.50. The largest absolute Gasteiger partial charge is 0.367 e. The second-order valence-corrected chi connectivity index (χ2v) is 5.74. The molecule has 0 bridgehead atoms. The van der Waals surface area contributed by atoms with E-state index in [0.717, 1.165) is 11.5 Å². The first-order chi connectivity index (χ1) is 9.19. The Labute approximate surface area is 116 Å². The van der Waals surface area contributed by atoms with Crippen molar-refractivity contribution in [3.63, 3.8) is 0 Å². The van der Waals surface area contributed by atoms with Crippen LogP contribution in [0, 0.1) is 0 Å². The Balaban J connectivity index is 1.87. The molecule has 19 heavy (non-hydrogen) atoms. The minimum Gasteiger partial charge on any atom is -0.367 e. The molecule has 1 aromatic heterocycles. The first-order valence-electron chi connectivity index (χ1n) is 7.50. The van der Waals surface area contributed by atoms with Crippen molar-refractivity contribution in [1.82, 2.24) is 14.9 Å². The molecule has 2 heterocycles. The molecule has 0 radical (unpaired) electrons. The summed E-state index contributed by atoms with van der Waals surface area (Å²) in [5, 5.41) is 3.56. The molecular weight excluding hydrogens is 236 g/mol. The van der Waals surface area contributed by atoms with Gasteiger partial charge in [-0.05, 0) is 31.7 Å². The summed E-state index contributed by atoms with van der Waals surface area (Å²) in [7, 11) is 0. The highest BCUT2D eigenvalue weighted by Crippen LogP contribution is 2.18. The molecule has 0 amide bonds. The number of rotatable bonds is 5. The molecule has 0 atom stereocenters. The molecule has 0 aliphatic carbocycles. The molecule has 0 aromatic carbocycles. The molecule has 0 saturated carbocycles. The zero-order valence-electron chi connectivity index (χ0n) is 12.4. The van der Waals surface area contributed by atoms with Crippen LogP contribution in [0.25, 0.3) is 0 Å². The molecule has 0 unspecified atom stereocenters. The Bertz CT molecular complexity index is 383. The molecule has 106 valence electrons. The van der Waals surface area contributed by atoms with Crippen molar-refractivity contribution in [3.05, 3.63) is 18.1 Å². The van der Waals surface area contributed by atoms with Crippen LogP contribution in [0.15, 0.2) is 12.4 Å². The smallest absolute Gasteiger partial charge is 0.129 e. The van der Waals surface area contributed by atoms with Crippen LogP contribution in [0.3, 0.4) is 0 Å². The average molecular weight is 262 g/mol. The summed E-state index contributed by atoms with van der Waals surface area (Å²) in [4.78, 5) is 11.2. The fourth-order valence-corrected chi connectivity index (χ4v) is 2.59. The van der Waals surface area contributed by atoms with E-state index in [9.17, 15) is 0 Å². The molecule has 0 spiro atoms. The lowest BCUT2D eigenvalue weighted by Crippen LogP contribution is -2.39. The maximum Gasteiger partial charge on any atom is 0.129 e. The van der Waals surface area contributed by atoms with Crippen LogP contribution in [0.2, 0.25) is 0 Å². The van der Waals surface area contributed by atoms with Gasteiger partial charge in [-0.1, -0.05) is 20.8 Å². The zero-order chi connectivity index (χ0) is 13.7. The van der Waals surface area contributed by atoms with E-state index in [2.05, 4.69) is 47.0 Å². The van der Waals surface area contributed by atoms with E-state index in [4.69, 9.17) is 0 Å². The van der Waals surface area contributed by atoms with E-state index in [1.807, 2.05) is 0 Å². The number of likely N-dealkylation sites (tertiary alicyclic amines) is 1. The topological polar surface area (TPSA) is 41.0 Å². The quantitative estimate of drug-likeness (QED) is 0.886. The highest BCUT2D eigenvalue weighted by Gasteiger charge is 2.18. The number of piperidine rings is 1. The molecular formula is C15H26N4. The Morgan fingerprint density at radius 1 is 1.32 bits per heavy atom. The molecule has 2 rings (SSSR count). The van der Waals surface area contributed by atoms with Gasteiger partial charge in [-0.3, -0.25) is 0 Å². The summed E-state index contributed by atoms with van der Waals surface area (Å²) in [5.41, 5.74) is 1.11. The summed E-state index contributed by atoms with van der Waals surface area (Å²) < 4.78 is 0. The number of aromatic nitrogens is 2. The van der Waals surface area contributed by atoms with Gasteiger partial charge in [0.25, 0.3) is 0 Å². The van der Waals surface area contributed by atoms with Crippen molar-refractivity contribution in [2.45, 2.75) is 52.0 Å². The Morgan fingerprint density at radius 2 is 2.05 bits per heavy atom. The van der Waals surface area contributed by atoms with Crippen LogP contribution in [0.5, 0.6) is 0 Å². The maximum absolute atomic E-state index is 4.34. The zero-order valence-corrected chi connectivity index (χ0v) is 12.4. The lowest BCUT2D eigenvalue weighted by molar-refractivity contribution is 0.219. The Morgan fingerprint density at radius 3 is 2.68 bits per heavy atom. The van der Waals surface area contributed by atoms with Crippen molar-refractivity contribution in [1.29, 1.82) is 0 Å². The third-order valence-corrected chi connectivity index (χ3v) is 3.76. The second-order valence-electron chi connectivity index (χ2n) is 5.74. The van der Waals surface area contributed by atoms with E-state index < -0.39 is 0 Å². The van der Waals surface area contributed by atoms with Crippen molar-refractivity contribution in [3.8, 4) is 0 Å². The molecule has 4 nitrogen and oxygen atoms in total. The number of nitrogens with zero attached hydrogens (tertiary/aromatic N) is 3. The Kier molecular flexibility index (Phi) is 5.14. The summed E-state index contributed by atoms with van der Waals surface area (Å²) in [6.45, 7) is 10.2. The second kappa shape index (κ2) is 6.85. The van der Waals surface area contributed by atoms with Gasteiger partial charge in [0.15, 0.2) is 0 Å². The van der Waals surface area contributed by atoms with Crippen LogP contribution in [0.1, 0.15) is 51.6 Å². The summed E-state index contributed by atoms with van der Waals surface area (Å²) in [6, 6.07) is 2.64. The molecule has 1 aromatic rings. The minimum absolute atomic E-state index is 0.454. The van der Waals surface area contributed by atoms with Crippen molar-refractivity contribution in [2.24, 2.45) is 0 Å². The van der Waals surface area contributed by atoms with Gasteiger partial charge in [-0.15, -0.1) is 0 Å². The molecule has 1 aliphatic heterocycles. The molecule has 4 heteroatoms. The predicted molar refractivity (Wildman–Crippen MR) is 79.5 cm³/mol. The number of hydrogen-bond donors (Lipinski definition) is 1. The molecule has 1 N–H and O–H groups in total. The van der Waals surface area contributed by atoms with Crippen LogP contribution >= 0.6 is 0 Å². The van der Waals surface area contributed by atoms with Crippen molar-refractivity contribution in [2.75, 3.05) is 25.0 Å². The van der Waals surface area contributed by atoms with Crippen LogP contribution < -0.4 is 5.32 Å². The van der Waals surface area contributed by atoms with Crippen LogP contribution in [-0.4, -0.2) is 40.5 Å². The molecule has 1 saturated heterocycles. The van der Waals surface area contributed by atoms with E-state index >= 15 is 0 Å². The lowest BCUT2D eigenvalue weighted by atomic mass is 10.0. The normalized spacial score (nSPS) is 17.9. The average Bonchev–Trinajstić information content (AvgIpc) is 2.42. The van der Waals surface area contributed by atoms with Crippen molar-refractivity contribution < 1.29 is 0 Å². The monoisotopic (exact) mass is 262 g/mol. The van der Waals surface area contributed by atoms with Crippen LogP contribution in [-0.2, 0) is 0 Å². The first kappa shape index (κ1) is 14.3. The predicted octanol–water partition coefficient (Wildman–Crippen LogP) is 2.89. The fraction of sp³-hybridized carbons (Fsp3) is 0.733.